The molecule has 1 atom stereocenters. The minimum atomic E-state index is 0.351. The average molecular weight is 245 g/mol. The van der Waals surface area contributed by atoms with E-state index < -0.39 is 0 Å². The van der Waals surface area contributed by atoms with Crippen LogP contribution in [0.25, 0.3) is 11.4 Å². The second-order valence-electron chi connectivity index (χ2n) is 4.37. The molecule has 1 aliphatic heterocycles. The van der Waals surface area contributed by atoms with Crippen LogP contribution in [0.2, 0.25) is 0 Å². The highest BCUT2D eigenvalue weighted by molar-refractivity contribution is 5.55. The number of benzene rings is 1. The molecule has 3 rings (SSSR count). The van der Waals surface area contributed by atoms with Gasteiger partial charge in [0, 0.05) is 12.1 Å². The molecule has 0 aliphatic carbocycles. The molecule has 18 heavy (non-hydrogen) atoms. The summed E-state index contributed by atoms with van der Waals surface area (Å²) in [6, 6.07) is 7.64. The van der Waals surface area contributed by atoms with Gasteiger partial charge in [-0.3, -0.25) is 0 Å². The highest BCUT2D eigenvalue weighted by Crippen LogP contribution is 2.24. The van der Waals surface area contributed by atoms with Crippen molar-refractivity contribution in [1.82, 2.24) is 15.5 Å². The van der Waals surface area contributed by atoms with Crippen LogP contribution >= 0.6 is 0 Å². The number of rotatable bonds is 3. The van der Waals surface area contributed by atoms with Crippen LogP contribution in [0.5, 0.6) is 5.75 Å². The third kappa shape index (κ3) is 2.09. The number of aromatic nitrogens is 2. The van der Waals surface area contributed by atoms with Crippen LogP contribution in [0.1, 0.15) is 18.2 Å². The van der Waals surface area contributed by atoms with E-state index in [1.807, 2.05) is 24.3 Å². The maximum Gasteiger partial charge on any atom is 0.231 e. The van der Waals surface area contributed by atoms with E-state index in [4.69, 9.17) is 9.26 Å². The normalized spacial score (nSPS) is 19.1. The van der Waals surface area contributed by atoms with Crippen LogP contribution in [0, 0.1) is 0 Å². The first-order chi connectivity index (χ1) is 8.86. The lowest BCUT2D eigenvalue weighted by atomic mass is 10.1. The fourth-order valence-electron chi connectivity index (χ4n) is 2.12. The van der Waals surface area contributed by atoms with Crippen molar-refractivity contribution in [2.24, 2.45) is 0 Å². The zero-order valence-electron chi connectivity index (χ0n) is 10.2. The minimum Gasteiger partial charge on any atom is -0.497 e. The fourth-order valence-corrected chi connectivity index (χ4v) is 2.12. The van der Waals surface area contributed by atoms with E-state index in [1.54, 1.807) is 7.11 Å². The van der Waals surface area contributed by atoms with E-state index in [2.05, 4.69) is 15.5 Å². The van der Waals surface area contributed by atoms with Crippen LogP contribution in [0.3, 0.4) is 0 Å². The van der Waals surface area contributed by atoms with Gasteiger partial charge in [-0.1, -0.05) is 5.16 Å². The van der Waals surface area contributed by atoms with Crippen molar-refractivity contribution in [3.8, 4) is 17.1 Å². The molecule has 0 radical (unpaired) electrons. The first-order valence-corrected chi connectivity index (χ1v) is 6.05. The topological polar surface area (TPSA) is 60.2 Å². The Morgan fingerprint density at radius 1 is 1.33 bits per heavy atom. The van der Waals surface area contributed by atoms with E-state index in [9.17, 15) is 0 Å². The van der Waals surface area contributed by atoms with Gasteiger partial charge in [0.05, 0.1) is 13.0 Å². The number of methoxy groups -OCH3 is 1. The molecule has 5 heteroatoms. The molecule has 1 N–H and O–H groups in total. The standard InChI is InChI=1S/C13H15N3O2/c1-17-11-4-2-9(3-5-11)12-15-13(18-16-12)10-6-7-14-8-10/h2-5,10,14H,6-8H2,1H3/t10-/m1/s1. The first-order valence-electron chi connectivity index (χ1n) is 6.05. The Kier molecular flexibility index (Phi) is 2.98. The zero-order valence-corrected chi connectivity index (χ0v) is 10.2. The van der Waals surface area contributed by atoms with E-state index in [-0.39, 0.29) is 0 Å². The second-order valence-corrected chi connectivity index (χ2v) is 4.37. The molecular formula is C13H15N3O2. The summed E-state index contributed by atoms with van der Waals surface area (Å²) >= 11 is 0. The van der Waals surface area contributed by atoms with E-state index in [0.29, 0.717) is 11.7 Å². The number of hydrogen-bond acceptors (Lipinski definition) is 5. The zero-order chi connectivity index (χ0) is 12.4. The Bertz CT molecular complexity index is 515. The van der Waals surface area contributed by atoms with Gasteiger partial charge in [-0.25, -0.2) is 0 Å². The molecule has 0 saturated carbocycles. The summed E-state index contributed by atoms with van der Waals surface area (Å²) in [6.45, 7) is 1.94. The third-order valence-corrected chi connectivity index (χ3v) is 3.20. The summed E-state index contributed by atoms with van der Waals surface area (Å²) in [4.78, 5) is 4.46. The van der Waals surface area contributed by atoms with Gasteiger partial charge in [0.25, 0.3) is 0 Å². The van der Waals surface area contributed by atoms with E-state index >= 15 is 0 Å². The molecule has 1 fully saturated rings. The maximum atomic E-state index is 5.33. The predicted octanol–water partition coefficient (Wildman–Crippen LogP) is 1.82. The monoisotopic (exact) mass is 245 g/mol. The van der Waals surface area contributed by atoms with Gasteiger partial charge in [0.15, 0.2) is 0 Å². The summed E-state index contributed by atoms with van der Waals surface area (Å²) in [5.74, 6) is 2.54. The van der Waals surface area contributed by atoms with Crippen molar-refractivity contribution < 1.29 is 9.26 Å². The van der Waals surface area contributed by atoms with Crippen molar-refractivity contribution in [3.05, 3.63) is 30.2 Å². The summed E-state index contributed by atoms with van der Waals surface area (Å²) in [7, 11) is 1.65. The summed E-state index contributed by atoms with van der Waals surface area (Å²) in [5, 5.41) is 7.32. The summed E-state index contributed by atoms with van der Waals surface area (Å²) < 4.78 is 10.4. The minimum absolute atomic E-state index is 0.351. The first kappa shape index (κ1) is 11.2. The Hall–Kier alpha value is -1.88. The SMILES string of the molecule is COc1ccc(-c2noc([C@@H]3CCNC3)n2)cc1. The van der Waals surface area contributed by atoms with Gasteiger partial charge >= 0.3 is 0 Å². The lowest BCUT2D eigenvalue weighted by Gasteiger charge is -2.00. The lowest BCUT2D eigenvalue weighted by Crippen LogP contribution is -2.08. The highest BCUT2D eigenvalue weighted by Gasteiger charge is 2.22. The quantitative estimate of drug-likeness (QED) is 0.893. The third-order valence-electron chi connectivity index (χ3n) is 3.20. The van der Waals surface area contributed by atoms with Crippen LogP contribution in [0.4, 0.5) is 0 Å². The molecule has 2 heterocycles. The molecule has 0 unspecified atom stereocenters. The molecule has 0 bridgehead atoms. The molecule has 1 aromatic heterocycles. The molecule has 0 spiro atoms. The Morgan fingerprint density at radius 2 is 2.17 bits per heavy atom. The van der Waals surface area contributed by atoms with Crippen molar-refractivity contribution in [1.29, 1.82) is 0 Å². The second kappa shape index (κ2) is 4.78. The van der Waals surface area contributed by atoms with E-state index in [0.717, 1.165) is 36.7 Å². The van der Waals surface area contributed by atoms with Crippen molar-refractivity contribution >= 4 is 0 Å². The maximum absolute atomic E-state index is 5.33. The molecule has 0 amide bonds. The molecule has 1 saturated heterocycles. The Morgan fingerprint density at radius 3 is 2.83 bits per heavy atom. The van der Waals surface area contributed by atoms with Gasteiger partial charge in [0.1, 0.15) is 5.75 Å². The summed E-state index contributed by atoms with van der Waals surface area (Å²) in [5.41, 5.74) is 0.941. The van der Waals surface area contributed by atoms with Crippen molar-refractivity contribution in [2.75, 3.05) is 20.2 Å². The number of nitrogens with one attached hydrogen (secondary N) is 1. The molecule has 1 aliphatic rings. The number of nitrogens with zero attached hydrogens (tertiary/aromatic N) is 2. The van der Waals surface area contributed by atoms with Crippen LogP contribution in [0.15, 0.2) is 28.8 Å². The Labute approximate surface area is 105 Å². The van der Waals surface area contributed by atoms with Gasteiger partial charge < -0.3 is 14.6 Å². The van der Waals surface area contributed by atoms with Crippen LogP contribution < -0.4 is 10.1 Å². The van der Waals surface area contributed by atoms with Crippen LogP contribution in [-0.2, 0) is 0 Å². The van der Waals surface area contributed by atoms with Gasteiger partial charge in [0.2, 0.25) is 11.7 Å². The van der Waals surface area contributed by atoms with Gasteiger partial charge in [-0.05, 0) is 37.2 Å². The molecule has 2 aromatic rings. The van der Waals surface area contributed by atoms with Crippen LogP contribution in [-0.4, -0.2) is 30.3 Å². The predicted molar refractivity (Wildman–Crippen MR) is 66.5 cm³/mol. The Balaban J connectivity index is 1.82. The lowest BCUT2D eigenvalue weighted by molar-refractivity contribution is 0.359. The molecule has 5 nitrogen and oxygen atoms in total. The molecule has 94 valence electrons. The largest absolute Gasteiger partial charge is 0.497 e. The average Bonchev–Trinajstić information content (AvgIpc) is 3.09. The molecular weight excluding hydrogens is 230 g/mol. The van der Waals surface area contributed by atoms with Gasteiger partial charge in [-0.2, -0.15) is 4.98 Å². The van der Waals surface area contributed by atoms with Gasteiger partial charge in [-0.15, -0.1) is 0 Å². The number of ether oxygens (including phenoxy) is 1. The highest BCUT2D eigenvalue weighted by atomic mass is 16.5. The fraction of sp³-hybridized carbons (Fsp3) is 0.385. The molecule has 1 aromatic carbocycles. The number of hydrogen-bond donors (Lipinski definition) is 1. The summed E-state index contributed by atoms with van der Waals surface area (Å²) in [6.07, 6.45) is 1.06. The smallest absolute Gasteiger partial charge is 0.231 e. The van der Waals surface area contributed by atoms with Crippen molar-refractivity contribution in [2.45, 2.75) is 12.3 Å². The van der Waals surface area contributed by atoms with E-state index in [1.165, 1.54) is 0 Å². The van der Waals surface area contributed by atoms with Crippen molar-refractivity contribution in [3.63, 3.8) is 0 Å².